The average molecular weight is 419 g/mol. The molecule has 1 aliphatic heterocycles. The van der Waals surface area contributed by atoms with Gasteiger partial charge in [0.25, 0.3) is 5.91 Å². The number of nitrogens with one attached hydrogen (secondary N) is 1. The van der Waals surface area contributed by atoms with E-state index in [2.05, 4.69) is 4.90 Å². The van der Waals surface area contributed by atoms with Crippen molar-refractivity contribution in [3.63, 3.8) is 0 Å². The van der Waals surface area contributed by atoms with Crippen LogP contribution >= 0.6 is 11.6 Å². The fourth-order valence-electron chi connectivity index (χ4n) is 2.81. The van der Waals surface area contributed by atoms with Gasteiger partial charge in [0, 0.05) is 42.4 Å². The lowest BCUT2D eigenvalue weighted by Crippen LogP contribution is -2.38. The number of halogens is 1. The van der Waals surface area contributed by atoms with Crippen molar-refractivity contribution in [3.8, 4) is 17.2 Å². The molecule has 2 aromatic rings. The molecule has 154 valence electrons. The molecular formula is C21H23ClN2O5. The van der Waals surface area contributed by atoms with E-state index < -0.39 is 5.91 Å². The molecule has 8 heteroatoms. The quantitative estimate of drug-likeness (QED) is 0.388. The van der Waals surface area contributed by atoms with Crippen molar-refractivity contribution in [3.05, 3.63) is 59.1 Å². The molecule has 2 aromatic carbocycles. The number of benzene rings is 2. The summed E-state index contributed by atoms with van der Waals surface area (Å²) in [6.45, 7) is 4.66. The highest BCUT2D eigenvalue weighted by molar-refractivity contribution is 6.30. The molecule has 0 atom stereocenters. The summed E-state index contributed by atoms with van der Waals surface area (Å²) in [6, 6.07) is 12.4. The molecule has 2 N–H and O–H groups in total. The Hall–Kier alpha value is -2.58. The molecule has 1 saturated heterocycles. The predicted octanol–water partition coefficient (Wildman–Crippen LogP) is 3.36. The van der Waals surface area contributed by atoms with Gasteiger partial charge < -0.3 is 14.2 Å². The second-order valence-electron chi connectivity index (χ2n) is 6.37. The van der Waals surface area contributed by atoms with E-state index in [-0.39, 0.29) is 0 Å². The van der Waals surface area contributed by atoms with E-state index in [4.69, 9.17) is 31.0 Å². The second kappa shape index (κ2) is 10.8. The van der Waals surface area contributed by atoms with Crippen LogP contribution in [0, 0.1) is 0 Å². The van der Waals surface area contributed by atoms with Crippen molar-refractivity contribution in [1.82, 2.24) is 10.4 Å². The predicted molar refractivity (Wildman–Crippen MR) is 110 cm³/mol. The highest BCUT2D eigenvalue weighted by Gasteiger charge is 2.11. The zero-order valence-corrected chi connectivity index (χ0v) is 16.6. The summed E-state index contributed by atoms with van der Waals surface area (Å²) < 4.78 is 17.2. The number of nitrogens with zero attached hydrogens (tertiary/aromatic N) is 1. The third-order valence-electron chi connectivity index (χ3n) is 4.31. The van der Waals surface area contributed by atoms with Gasteiger partial charge in [-0.05, 0) is 36.4 Å². The van der Waals surface area contributed by atoms with Crippen molar-refractivity contribution < 1.29 is 24.2 Å². The van der Waals surface area contributed by atoms with Gasteiger partial charge >= 0.3 is 0 Å². The van der Waals surface area contributed by atoms with Gasteiger partial charge in [0.1, 0.15) is 23.9 Å². The lowest BCUT2D eigenvalue weighted by Gasteiger charge is -2.26. The van der Waals surface area contributed by atoms with Crippen LogP contribution in [0.3, 0.4) is 0 Å². The largest absolute Gasteiger partial charge is 0.492 e. The van der Waals surface area contributed by atoms with Crippen LogP contribution in [0.4, 0.5) is 0 Å². The number of morpholine rings is 1. The van der Waals surface area contributed by atoms with Crippen LogP contribution in [0.25, 0.3) is 6.08 Å². The number of hydroxylamine groups is 1. The number of rotatable bonds is 8. The van der Waals surface area contributed by atoms with Gasteiger partial charge in [0.2, 0.25) is 0 Å². The van der Waals surface area contributed by atoms with Crippen molar-refractivity contribution in [2.24, 2.45) is 0 Å². The number of carbonyl (C=O) groups excluding carboxylic acids is 1. The molecule has 1 aliphatic rings. The smallest absolute Gasteiger partial charge is 0.267 e. The van der Waals surface area contributed by atoms with Gasteiger partial charge in [-0.1, -0.05) is 17.7 Å². The normalized spacial score (nSPS) is 14.7. The van der Waals surface area contributed by atoms with Gasteiger partial charge in [-0.15, -0.1) is 0 Å². The van der Waals surface area contributed by atoms with Gasteiger partial charge in [0.15, 0.2) is 0 Å². The van der Waals surface area contributed by atoms with Gasteiger partial charge in [0.05, 0.1) is 13.2 Å². The molecule has 29 heavy (non-hydrogen) atoms. The Labute approximate surface area is 174 Å². The Bertz CT molecular complexity index is 853. The summed E-state index contributed by atoms with van der Waals surface area (Å²) in [4.78, 5) is 13.6. The average Bonchev–Trinajstić information content (AvgIpc) is 2.74. The van der Waals surface area contributed by atoms with Crippen LogP contribution in [0.5, 0.6) is 17.2 Å². The molecule has 1 heterocycles. The second-order valence-corrected chi connectivity index (χ2v) is 6.81. The van der Waals surface area contributed by atoms with Crippen molar-refractivity contribution >= 4 is 23.6 Å². The van der Waals surface area contributed by atoms with E-state index in [1.54, 1.807) is 54.0 Å². The molecule has 0 aliphatic carbocycles. The first-order chi connectivity index (χ1) is 14.1. The molecule has 0 aromatic heterocycles. The Morgan fingerprint density at radius 3 is 2.79 bits per heavy atom. The van der Waals surface area contributed by atoms with E-state index >= 15 is 0 Å². The number of carbonyl (C=O) groups is 1. The topological polar surface area (TPSA) is 80.3 Å². The van der Waals surface area contributed by atoms with Crippen LogP contribution in [-0.2, 0) is 9.53 Å². The van der Waals surface area contributed by atoms with Gasteiger partial charge in [-0.2, -0.15) is 0 Å². The molecular weight excluding hydrogens is 396 g/mol. The molecule has 0 saturated carbocycles. The summed E-state index contributed by atoms with van der Waals surface area (Å²) in [6.07, 6.45) is 2.75. The van der Waals surface area contributed by atoms with Gasteiger partial charge in [-0.3, -0.25) is 14.9 Å². The van der Waals surface area contributed by atoms with E-state index in [1.807, 2.05) is 0 Å². The van der Waals surface area contributed by atoms with Crippen molar-refractivity contribution in [1.29, 1.82) is 0 Å². The lowest BCUT2D eigenvalue weighted by atomic mass is 10.1. The highest BCUT2D eigenvalue weighted by Crippen LogP contribution is 2.31. The Morgan fingerprint density at radius 2 is 2.03 bits per heavy atom. The van der Waals surface area contributed by atoms with Crippen molar-refractivity contribution in [2.45, 2.75) is 0 Å². The third kappa shape index (κ3) is 6.76. The zero-order chi connectivity index (χ0) is 20.5. The Morgan fingerprint density at radius 1 is 1.21 bits per heavy atom. The summed E-state index contributed by atoms with van der Waals surface area (Å²) in [7, 11) is 0. The molecule has 7 nitrogen and oxygen atoms in total. The molecule has 0 unspecified atom stereocenters. The minimum absolute atomic E-state index is 0.498. The summed E-state index contributed by atoms with van der Waals surface area (Å²) in [5, 5.41) is 9.22. The van der Waals surface area contributed by atoms with Crippen LogP contribution in [0.15, 0.2) is 48.5 Å². The summed E-state index contributed by atoms with van der Waals surface area (Å²) >= 11 is 6.03. The Kier molecular flexibility index (Phi) is 7.89. The first-order valence-electron chi connectivity index (χ1n) is 9.26. The fraction of sp³-hybridized carbons (Fsp3) is 0.286. The standard InChI is InChI=1S/C21H23ClN2O5/c22-17-2-1-3-19(14-17)29-20-15-18(6-4-16(20)5-7-21(25)23-26)28-13-10-24-8-11-27-12-9-24/h1-7,14-15,26H,8-13H2,(H,23,25)/b7-5+. The van der Waals surface area contributed by atoms with Crippen LogP contribution in [0.1, 0.15) is 5.56 Å². The zero-order valence-electron chi connectivity index (χ0n) is 15.8. The van der Waals surface area contributed by atoms with Crippen LogP contribution < -0.4 is 15.0 Å². The minimum Gasteiger partial charge on any atom is -0.492 e. The number of hydrogen-bond acceptors (Lipinski definition) is 6. The van der Waals surface area contributed by atoms with E-state index in [0.717, 1.165) is 32.8 Å². The fourth-order valence-corrected chi connectivity index (χ4v) is 2.99. The molecule has 0 radical (unpaired) electrons. The first-order valence-corrected chi connectivity index (χ1v) is 9.64. The monoisotopic (exact) mass is 418 g/mol. The minimum atomic E-state index is -0.635. The van der Waals surface area contributed by atoms with E-state index in [0.29, 0.717) is 34.4 Å². The first kappa shape index (κ1) is 21.1. The third-order valence-corrected chi connectivity index (χ3v) is 4.55. The van der Waals surface area contributed by atoms with Crippen LogP contribution in [0.2, 0.25) is 5.02 Å². The lowest BCUT2D eigenvalue weighted by molar-refractivity contribution is -0.124. The molecule has 3 rings (SSSR count). The van der Waals surface area contributed by atoms with E-state index in [1.165, 1.54) is 6.08 Å². The van der Waals surface area contributed by atoms with Crippen LogP contribution in [-0.4, -0.2) is 55.5 Å². The number of hydrogen-bond donors (Lipinski definition) is 2. The van der Waals surface area contributed by atoms with Gasteiger partial charge in [-0.25, -0.2) is 5.48 Å². The van der Waals surface area contributed by atoms with Crippen molar-refractivity contribution in [2.75, 3.05) is 39.5 Å². The molecule has 1 fully saturated rings. The molecule has 1 amide bonds. The number of ether oxygens (including phenoxy) is 3. The number of amides is 1. The molecule has 0 spiro atoms. The maximum absolute atomic E-state index is 11.3. The SMILES string of the molecule is O=C(/C=C/c1ccc(OCCN2CCOCC2)cc1Oc1cccc(Cl)c1)NO. The summed E-state index contributed by atoms with van der Waals surface area (Å²) in [5.41, 5.74) is 2.21. The highest BCUT2D eigenvalue weighted by atomic mass is 35.5. The maximum Gasteiger partial charge on any atom is 0.267 e. The summed E-state index contributed by atoms with van der Waals surface area (Å²) in [5.74, 6) is 1.07. The maximum atomic E-state index is 11.3. The molecule has 0 bridgehead atoms. The Balaban J connectivity index is 1.72. The van der Waals surface area contributed by atoms with E-state index in [9.17, 15) is 4.79 Å².